The number of likely N-dealkylation sites (N-methyl/N-ethyl adjacent to an activating group) is 1. The third-order valence-electron chi connectivity index (χ3n) is 3.69. The zero-order chi connectivity index (χ0) is 13.1. The lowest BCUT2D eigenvalue weighted by Gasteiger charge is -2.40. The lowest BCUT2D eigenvalue weighted by atomic mass is 9.97. The van der Waals surface area contributed by atoms with E-state index in [9.17, 15) is 0 Å². The number of rotatable bonds is 4. The molecule has 18 heavy (non-hydrogen) atoms. The van der Waals surface area contributed by atoms with Crippen molar-refractivity contribution in [3.8, 4) is 0 Å². The second-order valence-corrected chi connectivity index (χ2v) is 4.78. The second-order valence-electron chi connectivity index (χ2n) is 4.78. The SMILES string of the molecule is CCc1nn(C)cc1C1C(CN)OCCN1CC. The van der Waals surface area contributed by atoms with Gasteiger partial charge in [-0.3, -0.25) is 9.58 Å². The van der Waals surface area contributed by atoms with E-state index in [0.29, 0.717) is 6.54 Å². The zero-order valence-electron chi connectivity index (χ0n) is 11.6. The molecule has 1 fully saturated rings. The van der Waals surface area contributed by atoms with Crippen molar-refractivity contribution in [2.24, 2.45) is 12.8 Å². The number of hydrogen-bond donors (Lipinski definition) is 1. The molecule has 102 valence electrons. The van der Waals surface area contributed by atoms with E-state index in [2.05, 4.69) is 30.0 Å². The standard InChI is InChI=1S/C13H24N4O/c1-4-11-10(9-16(3)15-11)13-12(8-14)18-7-6-17(13)5-2/h9,12-13H,4-8,14H2,1-3H3. The van der Waals surface area contributed by atoms with Crippen LogP contribution in [0.25, 0.3) is 0 Å². The van der Waals surface area contributed by atoms with Crippen LogP contribution >= 0.6 is 0 Å². The topological polar surface area (TPSA) is 56.3 Å². The molecule has 2 unspecified atom stereocenters. The summed E-state index contributed by atoms with van der Waals surface area (Å²) in [5.41, 5.74) is 8.30. The molecule has 2 rings (SSSR count). The number of hydrogen-bond acceptors (Lipinski definition) is 4. The first kappa shape index (κ1) is 13.5. The van der Waals surface area contributed by atoms with Gasteiger partial charge in [0.25, 0.3) is 0 Å². The van der Waals surface area contributed by atoms with Crippen LogP contribution in [0.15, 0.2) is 6.20 Å². The van der Waals surface area contributed by atoms with Crippen molar-refractivity contribution in [1.82, 2.24) is 14.7 Å². The smallest absolute Gasteiger partial charge is 0.0895 e. The van der Waals surface area contributed by atoms with Crippen molar-refractivity contribution in [1.29, 1.82) is 0 Å². The second kappa shape index (κ2) is 5.82. The molecule has 2 N–H and O–H groups in total. The van der Waals surface area contributed by atoms with Crippen LogP contribution in [0.3, 0.4) is 0 Å². The van der Waals surface area contributed by atoms with Crippen molar-refractivity contribution >= 4 is 0 Å². The third-order valence-corrected chi connectivity index (χ3v) is 3.69. The summed E-state index contributed by atoms with van der Waals surface area (Å²) in [6, 6.07) is 0.248. The fourth-order valence-corrected chi connectivity index (χ4v) is 2.81. The van der Waals surface area contributed by atoms with Crippen LogP contribution in [0, 0.1) is 0 Å². The average molecular weight is 252 g/mol. The highest BCUT2D eigenvalue weighted by Crippen LogP contribution is 2.31. The van der Waals surface area contributed by atoms with Gasteiger partial charge >= 0.3 is 0 Å². The van der Waals surface area contributed by atoms with E-state index in [-0.39, 0.29) is 12.1 Å². The van der Waals surface area contributed by atoms with Crippen molar-refractivity contribution in [2.75, 3.05) is 26.2 Å². The number of morpholine rings is 1. The Labute approximate surface area is 109 Å². The molecule has 2 heterocycles. The van der Waals surface area contributed by atoms with Crippen molar-refractivity contribution in [3.63, 3.8) is 0 Å². The van der Waals surface area contributed by atoms with Gasteiger partial charge < -0.3 is 10.5 Å². The lowest BCUT2D eigenvalue weighted by Crippen LogP contribution is -2.48. The fraction of sp³-hybridized carbons (Fsp3) is 0.769. The Balaban J connectivity index is 2.35. The quantitative estimate of drug-likeness (QED) is 0.857. The van der Waals surface area contributed by atoms with E-state index < -0.39 is 0 Å². The molecule has 0 bridgehead atoms. The predicted molar refractivity (Wildman–Crippen MR) is 71.4 cm³/mol. The monoisotopic (exact) mass is 252 g/mol. The molecule has 0 saturated carbocycles. The van der Waals surface area contributed by atoms with Crippen LogP contribution < -0.4 is 5.73 Å². The van der Waals surface area contributed by atoms with Gasteiger partial charge in [-0.2, -0.15) is 5.10 Å². The number of nitrogens with two attached hydrogens (primary N) is 1. The zero-order valence-corrected chi connectivity index (χ0v) is 11.6. The van der Waals surface area contributed by atoms with Gasteiger partial charge in [-0.25, -0.2) is 0 Å². The highest BCUT2D eigenvalue weighted by Gasteiger charge is 2.34. The van der Waals surface area contributed by atoms with Crippen LogP contribution in [0.2, 0.25) is 0 Å². The third kappa shape index (κ3) is 2.43. The van der Waals surface area contributed by atoms with E-state index in [0.717, 1.165) is 31.8 Å². The summed E-state index contributed by atoms with van der Waals surface area (Å²) in [6.07, 6.45) is 3.14. The van der Waals surface area contributed by atoms with Crippen molar-refractivity contribution < 1.29 is 4.74 Å². The van der Waals surface area contributed by atoms with Gasteiger partial charge in [0.2, 0.25) is 0 Å². The average Bonchev–Trinajstić information content (AvgIpc) is 2.78. The maximum Gasteiger partial charge on any atom is 0.0895 e. The highest BCUT2D eigenvalue weighted by molar-refractivity contribution is 5.23. The van der Waals surface area contributed by atoms with Crippen LogP contribution in [-0.4, -0.2) is 47.0 Å². The van der Waals surface area contributed by atoms with Gasteiger partial charge in [-0.05, 0) is 13.0 Å². The van der Waals surface area contributed by atoms with Gasteiger partial charge in [-0.15, -0.1) is 0 Å². The molecule has 1 saturated heterocycles. The summed E-state index contributed by atoms with van der Waals surface area (Å²) in [4.78, 5) is 2.44. The lowest BCUT2D eigenvalue weighted by molar-refractivity contribution is -0.0660. The molecule has 0 amide bonds. The van der Waals surface area contributed by atoms with Crippen LogP contribution in [0.4, 0.5) is 0 Å². The molecule has 0 radical (unpaired) electrons. The van der Waals surface area contributed by atoms with Gasteiger partial charge in [0.15, 0.2) is 0 Å². The van der Waals surface area contributed by atoms with Crippen LogP contribution in [-0.2, 0) is 18.2 Å². The molecule has 2 atom stereocenters. The molecular weight excluding hydrogens is 228 g/mol. The number of aromatic nitrogens is 2. The van der Waals surface area contributed by atoms with E-state index in [1.54, 1.807) is 0 Å². The minimum absolute atomic E-state index is 0.0770. The molecule has 0 aromatic carbocycles. The Kier molecular flexibility index (Phi) is 4.37. The highest BCUT2D eigenvalue weighted by atomic mass is 16.5. The molecular formula is C13H24N4O. The molecule has 1 aromatic rings. The van der Waals surface area contributed by atoms with Gasteiger partial charge in [0.1, 0.15) is 0 Å². The van der Waals surface area contributed by atoms with E-state index in [4.69, 9.17) is 10.5 Å². The molecule has 0 aliphatic carbocycles. The summed E-state index contributed by atoms with van der Waals surface area (Å²) in [7, 11) is 1.97. The Morgan fingerprint density at radius 3 is 2.89 bits per heavy atom. The first-order valence-electron chi connectivity index (χ1n) is 6.79. The van der Waals surface area contributed by atoms with Crippen molar-refractivity contribution in [3.05, 3.63) is 17.5 Å². The largest absolute Gasteiger partial charge is 0.374 e. The maximum absolute atomic E-state index is 5.87. The summed E-state index contributed by atoms with van der Waals surface area (Å²) >= 11 is 0. The Bertz CT molecular complexity index is 378. The minimum atomic E-state index is 0.0770. The van der Waals surface area contributed by atoms with Gasteiger partial charge in [-0.1, -0.05) is 13.8 Å². The van der Waals surface area contributed by atoms with Crippen molar-refractivity contribution in [2.45, 2.75) is 32.4 Å². The summed E-state index contributed by atoms with van der Waals surface area (Å²) in [5, 5.41) is 4.54. The Hall–Kier alpha value is -0.910. The number of nitrogens with zero attached hydrogens (tertiary/aromatic N) is 3. The first-order chi connectivity index (χ1) is 8.71. The van der Waals surface area contributed by atoms with E-state index >= 15 is 0 Å². The summed E-state index contributed by atoms with van der Waals surface area (Å²) < 4.78 is 7.72. The van der Waals surface area contributed by atoms with E-state index in [1.807, 2.05) is 11.7 Å². The minimum Gasteiger partial charge on any atom is -0.374 e. The molecule has 1 aliphatic heterocycles. The van der Waals surface area contributed by atoms with Crippen LogP contribution in [0.1, 0.15) is 31.1 Å². The Morgan fingerprint density at radius 1 is 1.50 bits per heavy atom. The van der Waals surface area contributed by atoms with Gasteiger partial charge in [0, 0.05) is 31.9 Å². The maximum atomic E-state index is 5.87. The number of aryl methyl sites for hydroxylation is 2. The number of ether oxygens (including phenoxy) is 1. The fourth-order valence-electron chi connectivity index (χ4n) is 2.81. The van der Waals surface area contributed by atoms with Gasteiger partial charge in [0.05, 0.1) is 24.4 Å². The molecule has 1 aliphatic rings. The first-order valence-corrected chi connectivity index (χ1v) is 6.79. The Morgan fingerprint density at radius 2 is 2.28 bits per heavy atom. The predicted octanol–water partition coefficient (Wildman–Crippen LogP) is 0.703. The molecule has 1 aromatic heterocycles. The molecule has 5 heteroatoms. The molecule has 5 nitrogen and oxygen atoms in total. The van der Waals surface area contributed by atoms with Crippen LogP contribution in [0.5, 0.6) is 0 Å². The molecule has 0 spiro atoms. The normalized spacial score (nSPS) is 25.6. The summed E-state index contributed by atoms with van der Waals surface area (Å²) in [6.45, 7) is 7.64. The van der Waals surface area contributed by atoms with E-state index in [1.165, 1.54) is 5.56 Å². The summed E-state index contributed by atoms with van der Waals surface area (Å²) in [5.74, 6) is 0.